The Hall–Kier alpha value is -2.70. The number of hydrogen-bond acceptors (Lipinski definition) is 14. The smallest absolute Gasteiger partial charge is 0.325 e. The topological polar surface area (TPSA) is 265 Å². The normalized spacial score (nSPS) is 10.5. The molecule has 0 aliphatic carbocycles. The molecule has 4 rings (SSSR count). The molecular weight excluding hydrogens is 627 g/mol. The fourth-order valence-electron chi connectivity index (χ4n) is 2.85. The quantitative estimate of drug-likeness (QED) is 0.182. The fraction of sp³-hybridized carbons (Fsp3) is 0.167. The van der Waals surface area contributed by atoms with Crippen LogP contribution < -0.4 is 43.0 Å². The van der Waals surface area contributed by atoms with Crippen molar-refractivity contribution in [1.82, 2.24) is 24.8 Å². The molecule has 4 aromatic heterocycles. The minimum absolute atomic E-state index is 0. The molecule has 0 bridgehead atoms. The van der Waals surface area contributed by atoms with Crippen LogP contribution >= 0.6 is 0 Å². The molecule has 41 heavy (non-hydrogen) atoms. The van der Waals surface area contributed by atoms with Crippen LogP contribution in [0.4, 0.5) is 0 Å². The largest absolute Gasteiger partial charge is 4.00 e. The molecule has 0 aliphatic rings. The van der Waals surface area contributed by atoms with E-state index >= 15 is 0 Å². The summed E-state index contributed by atoms with van der Waals surface area (Å²) in [6.45, 7) is 2.84. The molecule has 220 valence electrons. The molecule has 2 N–H and O–H groups in total. The van der Waals surface area contributed by atoms with Crippen molar-refractivity contribution < 1.29 is 74.8 Å². The van der Waals surface area contributed by atoms with Crippen molar-refractivity contribution >= 4 is 0 Å². The third-order valence-electron chi connectivity index (χ3n) is 4.27. The van der Waals surface area contributed by atoms with Crippen LogP contribution in [0, 0.1) is 20.5 Å². The van der Waals surface area contributed by atoms with Gasteiger partial charge in [0.25, 0.3) is 0 Å². The predicted molar refractivity (Wildman–Crippen MR) is 118 cm³/mol. The second kappa shape index (κ2) is 21.1. The number of halogens is 2. The first-order valence-corrected chi connectivity index (χ1v) is 13.6. The van der Waals surface area contributed by atoms with Crippen molar-refractivity contribution in [2.75, 3.05) is 0 Å². The molecule has 17 heteroatoms. The molecule has 0 saturated carbocycles. The van der Waals surface area contributed by atoms with E-state index < -0.39 is 20.5 Å². The molecule has 0 fully saturated rings. The maximum Gasteiger partial charge on any atom is 4.00 e. The van der Waals surface area contributed by atoms with E-state index in [1.54, 1.807) is 6.20 Å². The zero-order chi connectivity index (χ0) is 29.9. The Kier molecular flexibility index (Phi) is 19.7. The molecule has 14 nitrogen and oxygen atoms in total. The molecular formula is C24H26Cl2FeN6O8+2. The Morgan fingerprint density at radius 1 is 0.488 bits per heavy atom. The first-order valence-electron chi connectivity index (χ1n) is 11.1. The average molecular weight is 653 g/mol. The predicted octanol–water partition coefficient (Wildman–Crippen LogP) is -5.90. The van der Waals surface area contributed by atoms with Gasteiger partial charge in [-0.3, -0.25) is 24.8 Å². The molecule has 0 radical (unpaired) electrons. The van der Waals surface area contributed by atoms with Crippen LogP contribution in [-0.4, -0.2) is 24.8 Å². The number of aromatic nitrogens is 4. The third kappa shape index (κ3) is 24.8. The van der Waals surface area contributed by atoms with Gasteiger partial charge >= 0.3 is 17.1 Å². The third-order valence-corrected chi connectivity index (χ3v) is 4.27. The molecule has 0 aliphatic heterocycles. The second-order valence-corrected chi connectivity index (χ2v) is 8.90. The zero-order valence-corrected chi connectivity index (χ0v) is 23.9. The second-order valence-electron chi connectivity index (χ2n) is 7.39. The fourth-order valence-corrected chi connectivity index (χ4v) is 2.85. The van der Waals surface area contributed by atoms with E-state index in [0.717, 1.165) is 42.4 Å². The van der Waals surface area contributed by atoms with Gasteiger partial charge < -0.3 is 5.73 Å². The monoisotopic (exact) mass is 652 g/mol. The SMILES string of the molecule is NCc1ccccn1.[Fe+4].[O-][Cl+3]([O-])([O-])[O-].[O-][Cl+3]([O-])([O-])[O-].c1ccc(CN(Cc2ccccn2)Cc2ccccn2)nc1. The Morgan fingerprint density at radius 3 is 0.902 bits per heavy atom. The van der Waals surface area contributed by atoms with Gasteiger partial charge in [0.15, 0.2) is 0 Å². The number of pyridine rings is 4. The maximum atomic E-state index is 8.49. The van der Waals surface area contributed by atoms with Crippen molar-refractivity contribution in [2.45, 2.75) is 26.2 Å². The van der Waals surface area contributed by atoms with Crippen molar-refractivity contribution in [1.29, 1.82) is 0 Å². The first kappa shape index (κ1) is 38.3. The maximum absolute atomic E-state index is 8.49. The molecule has 0 amide bonds. The van der Waals surface area contributed by atoms with E-state index in [1.807, 2.05) is 91.4 Å². The van der Waals surface area contributed by atoms with E-state index in [9.17, 15) is 0 Å². The van der Waals surface area contributed by atoms with Crippen LogP contribution in [0.5, 0.6) is 0 Å². The first-order chi connectivity index (χ1) is 18.8. The average Bonchev–Trinajstić information content (AvgIpc) is 2.89. The van der Waals surface area contributed by atoms with Gasteiger partial charge in [-0.15, -0.1) is 20.5 Å². The molecule has 4 aromatic rings. The summed E-state index contributed by atoms with van der Waals surface area (Å²) in [7, 11) is -9.89. The van der Waals surface area contributed by atoms with Crippen LogP contribution in [0.1, 0.15) is 22.8 Å². The van der Waals surface area contributed by atoms with E-state index in [2.05, 4.69) is 24.8 Å². The molecule has 0 atom stereocenters. The standard InChI is InChI=1S/C18H18N4.C6H8N2.2ClHO4.Fe/c1-4-10-19-16(7-1)13-22(14-17-8-2-5-11-20-17)15-18-9-3-6-12-21-18;7-5-6-3-1-2-4-8-6;2*2-1(3,4)5;/h1-12H,13-15H2;1-4H,5,7H2;2*(H,2,3,4,5);/q;;;;+4/p-2. The summed E-state index contributed by atoms with van der Waals surface area (Å²) in [5.74, 6) is 0. The number of nitrogens with zero attached hydrogens (tertiary/aromatic N) is 5. The molecule has 4 heterocycles. The van der Waals surface area contributed by atoms with Gasteiger partial charge in [-0.05, 0) is 48.5 Å². The Bertz CT molecular complexity index is 1040. The van der Waals surface area contributed by atoms with Gasteiger partial charge in [0.2, 0.25) is 0 Å². The summed E-state index contributed by atoms with van der Waals surface area (Å²) in [6, 6.07) is 23.7. The van der Waals surface area contributed by atoms with E-state index in [0.29, 0.717) is 6.54 Å². The summed E-state index contributed by atoms with van der Waals surface area (Å²) < 4.78 is 67.9. The van der Waals surface area contributed by atoms with Crippen molar-refractivity contribution in [3.8, 4) is 0 Å². The van der Waals surface area contributed by atoms with Crippen molar-refractivity contribution in [3.63, 3.8) is 0 Å². The summed E-state index contributed by atoms with van der Waals surface area (Å²) in [6.07, 6.45) is 7.22. The van der Waals surface area contributed by atoms with E-state index in [-0.39, 0.29) is 17.1 Å². The van der Waals surface area contributed by atoms with Gasteiger partial charge in [0.1, 0.15) is 0 Å². The van der Waals surface area contributed by atoms with Gasteiger partial charge in [0.05, 0.1) is 22.8 Å². The van der Waals surface area contributed by atoms with Crippen LogP contribution in [-0.2, 0) is 43.2 Å². The van der Waals surface area contributed by atoms with Gasteiger partial charge in [-0.2, -0.15) is 0 Å². The van der Waals surface area contributed by atoms with Crippen molar-refractivity contribution in [3.05, 3.63) is 120 Å². The molecule has 0 aromatic carbocycles. The van der Waals surface area contributed by atoms with Crippen molar-refractivity contribution in [2.24, 2.45) is 5.73 Å². The minimum atomic E-state index is -4.94. The minimum Gasteiger partial charge on any atom is -0.325 e. The summed E-state index contributed by atoms with van der Waals surface area (Å²) in [5.41, 5.74) is 9.38. The Morgan fingerprint density at radius 2 is 0.732 bits per heavy atom. The van der Waals surface area contributed by atoms with Crippen LogP contribution in [0.2, 0.25) is 0 Å². The number of hydrogen-bond donors (Lipinski definition) is 1. The summed E-state index contributed by atoms with van der Waals surface area (Å²) in [4.78, 5) is 19.5. The number of rotatable bonds is 7. The van der Waals surface area contributed by atoms with Gasteiger partial charge in [-0.25, -0.2) is 37.3 Å². The van der Waals surface area contributed by atoms with Crippen LogP contribution in [0.15, 0.2) is 97.6 Å². The number of nitrogens with two attached hydrogens (primary N) is 1. The van der Waals surface area contributed by atoms with Crippen LogP contribution in [0.25, 0.3) is 0 Å². The summed E-state index contributed by atoms with van der Waals surface area (Å²) >= 11 is 0. The van der Waals surface area contributed by atoms with Gasteiger partial charge in [-0.1, -0.05) is 24.3 Å². The zero-order valence-electron chi connectivity index (χ0n) is 21.3. The molecule has 0 unspecified atom stereocenters. The van der Waals surface area contributed by atoms with Gasteiger partial charge in [0, 0.05) is 51.0 Å². The van der Waals surface area contributed by atoms with E-state index in [4.69, 9.17) is 43.0 Å². The Labute approximate surface area is 251 Å². The Balaban J connectivity index is 0.000000691. The molecule has 0 saturated heterocycles. The van der Waals surface area contributed by atoms with Crippen LogP contribution in [0.3, 0.4) is 0 Å². The summed E-state index contributed by atoms with van der Waals surface area (Å²) in [5, 5.41) is 0. The molecule has 0 spiro atoms. The van der Waals surface area contributed by atoms with E-state index in [1.165, 1.54) is 0 Å².